The van der Waals surface area contributed by atoms with Gasteiger partial charge in [0, 0.05) is 64.2 Å². The quantitative estimate of drug-likeness (QED) is 0.389. The molecule has 2 heterocycles. The number of likely N-dealkylation sites (tertiary alicyclic amines) is 1. The minimum Gasteiger partial charge on any atom is -0.340 e. The highest BCUT2D eigenvalue weighted by atomic mass is 32.2. The van der Waals surface area contributed by atoms with Crippen molar-refractivity contribution in [3.8, 4) is 0 Å². The number of amides is 1. The molecule has 2 aromatic carbocycles. The SMILES string of the molecule is CCN(C(=O)Cc1ccc(S(C)(=O)=O)cc1)C1CCN(CCC(c2ccccc2)N2CCN(S(C)(=O)=O)CC2)CC1. The first kappa shape index (κ1) is 31.6. The second-order valence-electron chi connectivity index (χ2n) is 11.3. The Morgan fingerprint density at radius 3 is 2.02 bits per heavy atom. The maximum atomic E-state index is 13.2. The van der Waals surface area contributed by atoms with Gasteiger partial charge in [-0.2, -0.15) is 4.31 Å². The molecule has 4 rings (SSSR count). The van der Waals surface area contributed by atoms with Crippen molar-refractivity contribution in [1.29, 1.82) is 0 Å². The van der Waals surface area contributed by atoms with E-state index in [0.717, 1.165) is 57.5 Å². The van der Waals surface area contributed by atoms with Crippen molar-refractivity contribution in [1.82, 2.24) is 19.0 Å². The number of hydrogen-bond donors (Lipinski definition) is 0. The Labute approximate surface area is 246 Å². The van der Waals surface area contributed by atoms with E-state index in [1.54, 1.807) is 28.6 Å². The Morgan fingerprint density at radius 2 is 1.49 bits per heavy atom. The molecule has 1 atom stereocenters. The Balaban J connectivity index is 1.30. The van der Waals surface area contributed by atoms with E-state index in [4.69, 9.17) is 0 Å². The molecule has 226 valence electrons. The average molecular weight is 605 g/mol. The van der Waals surface area contributed by atoms with Gasteiger partial charge in [-0.05, 0) is 56.0 Å². The van der Waals surface area contributed by atoms with Crippen molar-refractivity contribution in [2.24, 2.45) is 0 Å². The number of benzene rings is 2. The highest BCUT2D eigenvalue weighted by Crippen LogP contribution is 2.27. The molecule has 0 aliphatic carbocycles. The molecule has 0 spiro atoms. The molecular weight excluding hydrogens is 560 g/mol. The van der Waals surface area contributed by atoms with Crippen molar-refractivity contribution in [3.63, 3.8) is 0 Å². The normalized spacial score (nSPS) is 19.2. The van der Waals surface area contributed by atoms with Crippen LogP contribution in [0.25, 0.3) is 0 Å². The molecule has 2 aliphatic heterocycles. The largest absolute Gasteiger partial charge is 0.340 e. The summed E-state index contributed by atoms with van der Waals surface area (Å²) in [5.74, 6) is 0.0791. The first-order valence-electron chi connectivity index (χ1n) is 14.5. The molecule has 9 nitrogen and oxygen atoms in total. The van der Waals surface area contributed by atoms with Crippen LogP contribution in [0.5, 0.6) is 0 Å². The molecule has 0 N–H and O–H groups in total. The number of hydrogen-bond acceptors (Lipinski definition) is 7. The summed E-state index contributed by atoms with van der Waals surface area (Å²) in [4.78, 5) is 20.3. The zero-order valence-electron chi connectivity index (χ0n) is 24.5. The van der Waals surface area contributed by atoms with Crippen molar-refractivity contribution in [2.45, 2.75) is 49.6 Å². The zero-order valence-corrected chi connectivity index (χ0v) is 26.1. The zero-order chi connectivity index (χ0) is 29.6. The maximum Gasteiger partial charge on any atom is 0.227 e. The molecule has 0 radical (unpaired) electrons. The average Bonchev–Trinajstić information content (AvgIpc) is 2.94. The number of carbonyl (C=O) groups excluding carboxylic acids is 1. The molecule has 0 bridgehead atoms. The third-order valence-electron chi connectivity index (χ3n) is 8.45. The first-order chi connectivity index (χ1) is 19.5. The van der Waals surface area contributed by atoms with Gasteiger partial charge in [-0.1, -0.05) is 42.5 Å². The molecule has 2 saturated heterocycles. The van der Waals surface area contributed by atoms with Gasteiger partial charge >= 0.3 is 0 Å². The molecule has 2 aliphatic rings. The van der Waals surface area contributed by atoms with E-state index in [9.17, 15) is 21.6 Å². The van der Waals surface area contributed by atoms with E-state index in [-0.39, 0.29) is 29.3 Å². The maximum absolute atomic E-state index is 13.2. The Kier molecular flexibility index (Phi) is 10.6. The summed E-state index contributed by atoms with van der Waals surface area (Å²) in [6, 6.07) is 17.5. The molecule has 11 heteroatoms. The van der Waals surface area contributed by atoms with Crippen molar-refractivity contribution in [2.75, 3.05) is 64.9 Å². The fourth-order valence-electron chi connectivity index (χ4n) is 6.11. The number of piperazine rings is 1. The molecule has 0 saturated carbocycles. The van der Waals surface area contributed by atoms with Crippen molar-refractivity contribution in [3.05, 3.63) is 65.7 Å². The van der Waals surface area contributed by atoms with Gasteiger partial charge in [0.1, 0.15) is 0 Å². The van der Waals surface area contributed by atoms with Gasteiger partial charge < -0.3 is 9.80 Å². The van der Waals surface area contributed by atoms with Crippen LogP contribution < -0.4 is 0 Å². The summed E-state index contributed by atoms with van der Waals surface area (Å²) in [5, 5.41) is 0. The fourth-order valence-corrected chi connectivity index (χ4v) is 7.57. The third-order valence-corrected chi connectivity index (χ3v) is 10.9. The molecular formula is C30H44N4O5S2. The summed E-state index contributed by atoms with van der Waals surface area (Å²) in [6.07, 6.45) is 5.55. The van der Waals surface area contributed by atoms with Crippen molar-refractivity contribution < 1.29 is 21.6 Å². The number of carbonyl (C=O) groups is 1. The lowest BCUT2D eigenvalue weighted by Gasteiger charge is -2.41. The van der Waals surface area contributed by atoms with Gasteiger partial charge in [-0.25, -0.2) is 16.8 Å². The third kappa shape index (κ3) is 8.61. The predicted octanol–water partition coefficient (Wildman–Crippen LogP) is 2.65. The van der Waals surface area contributed by atoms with Gasteiger partial charge in [-0.15, -0.1) is 0 Å². The fraction of sp³-hybridized carbons (Fsp3) is 0.567. The van der Waals surface area contributed by atoms with Crippen LogP contribution in [0, 0.1) is 0 Å². The van der Waals surface area contributed by atoms with E-state index in [2.05, 4.69) is 34.1 Å². The summed E-state index contributed by atoms with van der Waals surface area (Å²) >= 11 is 0. The van der Waals surface area contributed by atoms with E-state index in [1.807, 2.05) is 17.9 Å². The number of rotatable bonds is 11. The second kappa shape index (κ2) is 13.8. The van der Waals surface area contributed by atoms with Crippen LogP contribution in [0.3, 0.4) is 0 Å². The Hall–Kier alpha value is -2.31. The van der Waals surface area contributed by atoms with Gasteiger partial charge in [0.15, 0.2) is 9.84 Å². The number of piperidine rings is 1. The van der Waals surface area contributed by atoms with Gasteiger partial charge in [0.25, 0.3) is 0 Å². The monoisotopic (exact) mass is 604 g/mol. The van der Waals surface area contributed by atoms with Crippen molar-refractivity contribution >= 4 is 25.8 Å². The van der Waals surface area contributed by atoms with Crippen LogP contribution in [0.2, 0.25) is 0 Å². The summed E-state index contributed by atoms with van der Waals surface area (Å²) < 4.78 is 49.0. The molecule has 2 fully saturated rings. The molecule has 2 aromatic rings. The highest BCUT2D eigenvalue weighted by molar-refractivity contribution is 7.90. The van der Waals surface area contributed by atoms with E-state index >= 15 is 0 Å². The molecule has 41 heavy (non-hydrogen) atoms. The van der Waals surface area contributed by atoms with Crippen LogP contribution in [0.4, 0.5) is 0 Å². The van der Waals surface area contributed by atoms with Crippen LogP contribution >= 0.6 is 0 Å². The van der Waals surface area contributed by atoms with Gasteiger partial charge in [0.05, 0.1) is 17.6 Å². The standard InChI is InChI=1S/C30H44N4O5S2/c1-4-34(30(35)24-25-10-12-28(13-11-25)40(2,36)37)27-14-17-31(18-15-27)19-16-29(26-8-6-5-7-9-26)32-20-22-33(23-21-32)41(3,38)39/h5-13,27,29H,4,14-24H2,1-3H3. The number of sulfone groups is 1. The highest BCUT2D eigenvalue weighted by Gasteiger charge is 2.30. The smallest absolute Gasteiger partial charge is 0.227 e. The molecule has 1 amide bonds. The van der Waals surface area contributed by atoms with Crippen LogP contribution in [0.1, 0.15) is 43.4 Å². The van der Waals surface area contributed by atoms with Gasteiger partial charge in [0.2, 0.25) is 15.9 Å². The minimum absolute atomic E-state index is 0.0791. The van der Waals surface area contributed by atoms with E-state index < -0.39 is 19.9 Å². The minimum atomic E-state index is -3.26. The lowest BCUT2D eigenvalue weighted by Crippen LogP contribution is -2.50. The molecule has 0 aromatic heterocycles. The Morgan fingerprint density at radius 1 is 0.878 bits per heavy atom. The first-order valence-corrected chi connectivity index (χ1v) is 18.2. The predicted molar refractivity (Wildman–Crippen MR) is 162 cm³/mol. The Bertz CT molecular complexity index is 1350. The molecule has 1 unspecified atom stereocenters. The summed E-state index contributed by atoms with van der Waals surface area (Å²) in [7, 11) is -6.42. The number of sulfonamides is 1. The van der Waals surface area contributed by atoms with E-state index in [1.165, 1.54) is 18.1 Å². The number of likely N-dealkylation sites (N-methyl/N-ethyl adjacent to an activating group) is 1. The summed E-state index contributed by atoms with van der Waals surface area (Å²) in [6.45, 7) is 7.98. The second-order valence-corrected chi connectivity index (χ2v) is 15.3. The van der Waals surface area contributed by atoms with Crippen LogP contribution in [-0.4, -0.2) is 113 Å². The van der Waals surface area contributed by atoms with Crippen LogP contribution in [0.15, 0.2) is 59.5 Å². The lowest BCUT2D eigenvalue weighted by atomic mass is 9.98. The number of nitrogens with zero attached hydrogens (tertiary/aromatic N) is 4. The van der Waals surface area contributed by atoms with E-state index in [0.29, 0.717) is 19.6 Å². The van der Waals surface area contributed by atoms with Gasteiger partial charge in [-0.3, -0.25) is 9.69 Å². The van der Waals surface area contributed by atoms with Crippen LogP contribution in [-0.2, 0) is 31.1 Å². The topological polar surface area (TPSA) is 98.3 Å². The lowest BCUT2D eigenvalue weighted by molar-refractivity contribution is -0.133. The summed E-state index contributed by atoms with van der Waals surface area (Å²) in [5.41, 5.74) is 2.09.